The monoisotopic (exact) mass is 438 g/mol. The summed E-state index contributed by atoms with van der Waals surface area (Å²) >= 11 is 1.51. The minimum absolute atomic E-state index is 0.238. The number of hydrogen-bond acceptors (Lipinski definition) is 6. The molecule has 0 bridgehead atoms. The quantitative estimate of drug-likeness (QED) is 0.446. The van der Waals surface area contributed by atoms with Crippen LogP contribution in [-0.4, -0.2) is 35.8 Å². The average Bonchev–Trinajstić information content (AvgIpc) is 3.10. The van der Waals surface area contributed by atoms with E-state index in [-0.39, 0.29) is 24.0 Å². The highest BCUT2D eigenvalue weighted by Gasteiger charge is 2.27. The molecule has 1 atom stereocenters. The maximum Gasteiger partial charge on any atom is 0.407 e. The number of fused-ring (bicyclic) bond motifs is 1. The Morgan fingerprint density at radius 2 is 2.19 bits per heavy atom. The van der Waals surface area contributed by atoms with E-state index in [0.29, 0.717) is 11.6 Å². The number of thiophene rings is 1. The lowest BCUT2D eigenvalue weighted by Crippen LogP contribution is -2.40. The van der Waals surface area contributed by atoms with Crippen LogP contribution in [0.15, 0.2) is 30.6 Å². The maximum atomic E-state index is 12.4. The number of nitrogens with zero attached hydrogens (tertiary/aromatic N) is 1. The summed E-state index contributed by atoms with van der Waals surface area (Å²) in [5, 5.41) is 14.3. The Balaban J connectivity index is 1.35. The SMILES string of the molecule is N=Cc1c(NC(=O)/C=C/c2cccnc2)sc2c1CCC(COC(=O)NC1CCC1)C2. The summed E-state index contributed by atoms with van der Waals surface area (Å²) in [5.74, 6) is 0.0176. The zero-order chi connectivity index (χ0) is 21.6. The summed E-state index contributed by atoms with van der Waals surface area (Å²) < 4.78 is 5.43. The normalized spacial score (nSPS) is 18.1. The van der Waals surface area contributed by atoms with Gasteiger partial charge in [0.15, 0.2) is 0 Å². The first-order chi connectivity index (χ1) is 15.1. The molecule has 0 radical (unpaired) electrons. The number of alkyl carbamates (subject to hydrolysis) is 1. The summed E-state index contributed by atoms with van der Waals surface area (Å²) in [6, 6.07) is 3.96. The number of anilines is 1. The zero-order valence-corrected chi connectivity index (χ0v) is 18.0. The smallest absolute Gasteiger partial charge is 0.407 e. The Morgan fingerprint density at radius 1 is 1.32 bits per heavy atom. The molecule has 2 aliphatic rings. The van der Waals surface area contributed by atoms with E-state index in [2.05, 4.69) is 15.6 Å². The Bertz CT molecular complexity index is 982. The number of carbonyl (C=O) groups is 2. The highest BCUT2D eigenvalue weighted by molar-refractivity contribution is 7.17. The number of pyridine rings is 1. The van der Waals surface area contributed by atoms with Crippen LogP contribution >= 0.6 is 11.3 Å². The van der Waals surface area contributed by atoms with Gasteiger partial charge < -0.3 is 20.8 Å². The first kappa shape index (κ1) is 21.2. The van der Waals surface area contributed by atoms with Crippen LogP contribution in [-0.2, 0) is 22.4 Å². The van der Waals surface area contributed by atoms with Crippen LogP contribution in [0, 0.1) is 11.3 Å². The highest BCUT2D eigenvalue weighted by Crippen LogP contribution is 2.39. The maximum absolute atomic E-state index is 12.4. The van der Waals surface area contributed by atoms with E-state index in [0.717, 1.165) is 53.7 Å². The molecule has 4 rings (SSSR count). The molecule has 0 aliphatic heterocycles. The van der Waals surface area contributed by atoms with E-state index < -0.39 is 0 Å². The van der Waals surface area contributed by atoms with Gasteiger partial charge in [-0.25, -0.2) is 4.79 Å². The van der Waals surface area contributed by atoms with Crippen LogP contribution in [0.5, 0.6) is 0 Å². The van der Waals surface area contributed by atoms with Crippen LogP contribution in [0.3, 0.4) is 0 Å². The molecule has 3 N–H and O–H groups in total. The van der Waals surface area contributed by atoms with Crippen molar-refractivity contribution in [2.24, 2.45) is 5.92 Å². The zero-order valence-electron chi connectivity index (χ0n) is 17.2. The lowest BCUT2D eigenvalue weighted by molar-refractivity contribution is -0.111. The molecule has 1 saturated carbocycles. The first-order valence-electron chi connectivity index (χ1n) is 10.6. The third kappa shape index (κ3) is 5.38. The van der Waals surface area contributed by atoms with E-state index >= 15 is 0 Å². The van der Waals surface area contributed by atoms with Crippen molar-refractivity contribution in [3.8, 4) is 0 Å². The number of amides is 2. The van der Waals surface area contributed by atoms with Gasteiger partial charge >= 0.3 is 6.09 Å². The van der Waals surface area contributed by atoms with Crippen LogP contribution in [0.25, 0.3) is 6.08 Å². The van der Waals surface area contributed by atoms with Crippen molar-refractivity contribution in [3.05, 3.63) is 52.2 Å². The Labute approximate surface area is 185 Å². The number of carbonyl (C=O) groups excluding carboxylic acids is 2. The number of ether oxygens (including phenoxy) is 1. The second kappa shape index (κ2) is 9.87. The molecule has 0 saturated heterocycles. The summed E-state index contributed by atoms with van der Waals surface area (Å²) in [5.41, 5.74) is 2.76. The van der Waals surface area contributed by atoms with Gasteiger partial charge in [-0.3, -0.25) is 9.78 Å². The Hall–Kier alpha value is -3.00. The number of hydrogen-bond donors (Lipinski definition) is 3. The molecule has 0 aromatic carbocycles. The van der Waals surface area contributed by atoms with Gasteiger partial charge in [0.2, 0.25) is 5.91 Å². The molecule has 31 heavy (non-hydrogen) atoms. The molecule has 2 aromatic rings. The molecule has 162 valence electrons. The van der Waals surface area contributed by atoms with Gasteiger partial charge in [-0.15, -0.1) is 11.3 Å². The third-order valence-electron chi connectivity index (χ3n) is 5.78. The van der Waals surface area contributed by atoms with Crippen molar-refractivity contribution in [1.82, 2.24) is 10.3 Å². The van der Waals surface area contributed by atoms with Crippen molar-refractivity contribution in [2.45, 2.75) is 44.6 Å². The fourth-order valence-electron chi connectivity index (χ4n) is 3.82. The van der Waals surface area contributed by atoms with E-state index in [1.165, 1.54) is 30.0 Å². The van der Waals surface area contributed by atoms with E-state index in [4.69, 9.17) is 10.1 Å². The first-order valence-corrected chi connectivity index (χ1v) is 11.4. The predicted molar refractivity (Wildman–Crippen MR) is 122 cm³/mol. The van der Waals surface area contributed by atoms with Gasteiger partial charge in [-0.1, -0.05) is 6.07 Å². The standard InChI is InChI=1S/C23H26N4O3S/c24-12-19-18-8-6-16(14-30-23(29)26-17-4-1-5-17)11-20(18)31-22(19)27-21(28)9-7-15-3-2-10-25-13-15/h2-3,7,9-10,12-13,16-17,24H,1,4-6,8,11,14H2,(H,26,29)(H,27,28)/b9-7+,24-12?. The molecule has 2 aliphatic carbocycles. The van der Waals surface area contributed by atoms with Crippen LogP contribution < -0.4 is 10.6 Å². The minimum atomic E-state index is -0.324. The van der Waals surface area contributed by atoms with Crippen molar-refractivity contribution < 1.29 is 14.3 Å². The number of aromatic nitrogens is 1. The van der Waals surface area contributed by atoms with Crippen molar-refractivity contribution in [2.75, 3.05) is 11.9 Å². The number of rotatable bonds is 7. The van der Waals surface area contributed by atoms with E-state index in [9.17, 15) is 9.59 Å². The second-order valence-corrected chi connectivity index (χ2v) is 9.08. The fraction of sp³-hybridized carbons (Fsp3) is 0.391. The molecule has 8 heteroatoms. The highest BCUT2D eigenvalue weighted by atomic mass is 32.1. The summed E-state index contributed by atoms with van der Waals surface area (Å²) in [6.07, 6.45) is 13.3. The lowest BCUT2D eigenvalue weighted by Gasteiger charge is -2.27. The van der Waals surface area contributed by atoms with Crippen LogP contribution in [0.2, 0.25) is 0 Å². The Morgan fingerprint density at radius 3 is 2.90 bits per heavy atom. The van der Waals surface area contributed by atoms with Crippen molar-refractivity contribution in [3.63, 3.8) is 0 Å². The molecule has 1 fully saturated rings. The molecule has 2 heterocycles. The second-order valence-electron chi connectivity index (χ2n) is 7.98. The molecule has 2 aromatic heterocycles. The number of nitrogens with one attached hydrogen (secondary N) is 3. The summed E-state index contributed by atoms with van der Waals surface area (Å²) in [7, 11) is 0. The van der Waals surface area contributed by atoms with Crippen LogP contribution in [0.4, 0.5) is 9.80 Å². The van der Waals surface area contributed by atoms with Crippen molar-refractivity contribution >= 4 is 40.6 Å². The molecule has 7 nitrogen and oxygen atoms in total. The third-order valence-corrected chi connectivity index (χ3v) is 6.96. The van der Waals surface area contributed by atoms with E-state index in [1.807, 2.05) is 12.1 Å². The Kier molecular flexibility index (Phi) is 6.76. The molecule has 2 amide bonds. The predicted octanol–water partition coefficient (Wildman–Crippen LogP) is 4.18. The van der Waals surface area contributed by atoms with Gasteiger partial charge in [0.25, 0.3) is 0 Å². The summed E-state index contributed by atoms with van der Waals surface area (Å²) in [4.78, 5) is 29.5. The van der Waals surface area contributed by atoms with Crippen LogP contribution in [0.1, 0.15) is 47.3 Å². The van der Waals surface area contributed by atoms with E-state index in [1.54, 1.807) is 18.5 Å². The van der Waals surface area contributed by atoms with Crippen molar-refractivity contribution in [1.29, 1.82) is 5.41 Å². The van der Waals surface area contributed by atoms with Gasteiger partial charge in [-0.2, -0.15) is 0 Å². The van der Waals surface area contributed by atoms with Gasteiger partial charge in [0.1, 0.15) is 5.00 Å². The molecule has 0 spiro atoms. The summed E-state index contributed by atoms with van der Waals surface area (Å²) in [6.45, 7) is 0.394. The molecular formula is C23H26N4O3S. The van der Waals surface area contributed by atoms with Gasteiger partial charge in [0, 0.05) is 41.2 Å². The van der Waals surface area contributed by atoms with Gasteiger partial charge in [-0.05, 0) is 67.7 Å². The van der Waals surface area contributed by atoms with Gasteiger partial charge in [0.05, 0.1) is 6.61 Å². The molecule has 1 unspecified atom stereocenters. The lowest BCUT2D eigenvalue weighted by atomic mass is 9.88. The molecular weight excluding hydrogens is 412 g/mol. The average molecular weight is 439 g/mol. The minimum Gasteiger partial charge on any atom is -0.449 e. The topological polar surface area (TPSA) is 104 Å². The largest absolute Gasteiger partial charge is 0.449 e. The fourth-order valence-corrected chi connectivity index (χ4v) is 5.17.